The number of benzene rings is 1. The number of aromatic nitrogens is 1. The normalized spacial score (nSPS) is 26.6. The predicted molar refractivity (Wildman–Crippen MR) is 130 cm³/mol. The Labute approximate surface area is 200 Å². The molecule has 4 aliphatic rings. The first-order valence-corrected chi connectivity index (χ1v) is 12.8. The number of rotatable bonds is 7. The van der Waals surface area contributed by atoms with Crippen LogP contribution < -0.4 is 10.6 Å². The van der Waals surface area contributed by atoms with E-state index >= 15 is 0 Å². The van der Waals surface area contributed by atoms with Crippen LogP contribution in [0.2, 0.25) is 0 Å². The molecule has 0 unspecified atom stereocenters. The van der Waals surface area contributed by atoms with Gasteiger partial charge >= 0.3 is 0 Å². The minimum Gasteiger partial charge on any atom is -0.396 e. The second kappa shape index (κ2) is 8.52. The van der Waals surface area contributed by atoms with Crippen molar-refractivity contribution in [3.05, 3.63) is 41.8 Å². The van der Waals surface area contributed by atoms with Crippen molar-refractivity contribution in [1.82, 2.24) is 9.88 Å². The van der Waals surface area contributed by atoms with Gasteiger partial charge in [0, 0.05) is 37.7 Å². The smallest absolute Gasteiger partial charge is 0.228 e. The Morgan fingerprint density at radius 1 is 1.18 bits per heavy atom. The molecule has 3 saturated carbocycles. The van der Waals surface area contributed by atoms with Crippen LogP contribution in [0.5, 0.6) is 0 Å². The summed E-state index contributed by atoms with van der Waals surface area (Å²) in [5.74, 6) is 1.90. The van der Waals surface area contributed by atoms with Gasteiger partial charge in [-0.25, -0.2) is 9.37 Å². The molecular weight excluding hydrogens is 431 g/mol. The summed E-state index contributed by atoms with van der Waals surface area (Å²) in [4.78, 5) is 22.8. The van der Waals surface area contributed by atoms with Crippen molar-refractivity contribution in [3.63, 3.8) is 0 Å². The molecule has 6 nitrogen and oxygen atoms in total. The van der Waals surface area contributed by atoms with Crippen LogP contribution in [0.1, 0.15) is 50.6 Å². The molecule has 0 bridgehead atoms. The second-order valence-electron chi connectivity index (χ2n) is 10.3. The maximum absolute atomic E-state index is 13.5. The summed E-state index contributed by atoms with van der Waals surface area (Å²) in [6.07, 6.45) is 5.57. The van der Waals surface area contributed by atoms with E-state index in [0.29, 0.717) is 30.7 Å². The summed E-state index contributed by atoms with van der Waals surface area (Å²) < 4.78 is 19.2. The highest BCUT2D eigenvalue weighted by molar-refractivity contribution is 5.83. The van der Waals surface area contributed by atoms with Gasteiger partial charge in [0.25, 0.3) is 0 Å². The first-order valence-electron chi connectivity index (χ1n) is 12.8. The molecule has 0 spiro atoms. The van der Waals surface area contributed by atoms with E-state index in [1.165, 1.54) is 25.0 Å². The van der Waals surface area contributed by atoms with Crippen molar-refractivity contribution in [3.8, 4) is 11.1 Å². The summed E-state index contributed by atoms with van der Waals surface area (Å²) in [6, 6.07) is 8.82. The lowest BCUT2D eigenvalue weighted by atomic mass is 10.00. The molecule has 180 valence electrons. The molecule has 3 aliphatic carbocycles. The van der Waals surface area contributed by atoms with Gasteiger partial charge in [0.1, 0.15) is 5.82 Å². The van der Waals surface area contributed by atoms with Crippen molar-refractivity contribution in [2.75, 3.05) is 36.9 Å². The Hall–Kier alpha value is -2.67. The number of nitrogens with two attached hydrogens (primary N) is 1. The van der Waals surface area contributed by atoms with E-state index in [9.17, 15) is 9.18 Å². The van der Waals surface area contributed by atoms with Crippen molar-refractivity contribution in [1.29, 1.82) is 0 Å². The molecule has 1 aromatic carbocycles. The lowest BCUT2D eigenvalue weighted by Gasteiger charge is -2.43. The number of hydrogen-bond donors (Lipinski definition) is 1. The van der Waals surface area contributed by atoms with Crippen LogP contribution in [0, 0.1) is 17.7 Å². The van der Waals surface area contributed by atoms with E-state index in [0.717, 1.165) is 55.0 Å². The van der Waals surface area contributed by atoms with E-state index in [-0.39, 0.29) is 29.8 Å². The number of amides is 1. The van der Waals surface area contributed by atoms with E-state index in [4.69, 9.17) is 15.5 Å². The summed E-state index contributed by atoms with van der Waals surface area (Å²) in [5.41, 5.74) is 10.2. The van der Waals surface area contributed by atoms with Gasteiger partial charge in [0.15, 0.2) is 5.82 Å². The molecule has 3 atom stereocenters. The molecule has 2 N–H and O–H groups in total. The predicted octanol–water partition coefficient (Wildman–Crippen LogP) is 4.20. The van der Waals surface area contributed by atoms with Crippen LogP contribution in [0.4, 0.5) is 15.9 Å². The maximum Gasteiger partial charge on any atom is 0.228 e. The molecule has 34 heavy (non-hydrogen) atoms. The van der Waals surface area contributed by atoms with Crippen molar-refractivity contribution >= 4 is 17.4 Å². The first-order chi connectivity index (χ1) is 16.5. The van der Waals surface area contributed by atoms with Crippen molar-refractivity contribution < 1.29 is 13.9 Å². The monoisotopic (exact) mass is 464 g/mol. The third kappa shape index (κ3) is 4.15. The van der Waals surface area contributed by atoms with Gasteiger partial charge in [-0.15, -0.1) is 0 Å². The van der Waals surface area contributed by atoms with E-state index in [1.807, 2.05) is 13.0 Å². The Morgan fingerprint density at radius 3 is 2.62 bits per heavy atom. The minimum atomic E-state index is -0.244. The summed E-state index contributed by atoms with van der Waals surface area (Å²) in [7, 11) is 0. The standard InChI is InChI=1S/C27H33FN4O2/c1-2-34-24-14-21(24)27(33)32-12-11-31(15-23(32)17-3-4-17)26-22(29)13-20(25(30-26)18-5-6-18)16-7-9-19(28)10-8-16/h7-10,13,17-18,21,23-24H,2-6,11-12,14-15,29H2,1H3/t21-,23-,24-/m0/s1. The molecule has 2 heterocycles. The molecule has 4 fully saturated rings. The van der Waals surface area contributed by atoms with E-state index in [1.54, 1.807) is 12.1 Å². The van der Waals surface area contributed by atoms with Gasteiger partial charge in [-0.05, 0) is 68.7 Å². The molecule has 7 heteroatoms. The van der Waals surface area contributed by atoms with Gasteiger partial charge in [0.2, 0.25) is 5.91 Å². The third-order valence-corrected chi connectivity index (χ3v) is 7.78. The Balaban J connectivity index is 1.25. The fourth-order valence-corrected chi connectivity index (χ4v) is 5.52. The minimum absolute atomic E-state index is 0.0346. The fraction of sp³-hybridized carbons (Fsp3) is 0.556. The number of ether oxygens (including phenoxy) is 1. The van der Waals surface area contributed by atoms with Crippen molar-refractivity contribution in [2.45, 2.75) is 57.1 Å². The molecule has 1 aliphatic heterocycles. The van der Waals surface area contributed by atoms with E-state index in [2.05, 4.69) is 9.80 Å². The quantitative estimate of drug-likeness (QED) is 0.665. The van der Waals surface area contributed by atoms with Crippen LogP contribution in [-0.2, 0) is 9.53 Å². The average Bonchev–Trinajstić information content (AvgIpc) is 3.69. The van der Waals surface area contributed by atoms with Gasteiger partial charge in [-0.1, -0.05) is 12.1 Å². The summed E-state index contributed by atoms with van der Waals surface area (Å²) >= 11 is 0. The molecule has 1 aromatic heterocycles. The van der Waals surface area contributed by atoms with Gasteiger partial charge in [-0.2, -0.15) is 0 Å². The number of pyridine rings is 1. The number of nitrogens with zero attached hydrogens (tertiary/aromatic N) is 3. The van der Waals surface area contributed by atoms with Crippen LogP contribution in [0.3, 0.4) is 0 Å². The van der Waals surface area contributed by atoms with Crippen LogP contribution in [0.15, 0.2) is 30.3 Å². The average molecular weight is 465 g/mol. The molecule has 1 saturated heterocycles. The first kappa shape index (κ1) is 21.8. The maximum atomic E-state index is 13.5. The number of halogens is 1. The molecule has 1 amide bonds. The highest BCUT2D eigenvalue weighted by atomic mass is 19.1. The lowest BCUT2D eigenvalue weighted by molar-refractivity contribution is -0.136. The zero-order chi connectivity index (χ0) is 23.4. The Bertz CT molecular complexity index is 1080. The van der Waals surface area contributed by atoms with Crippen LogP contribution >= 0.6 is 0 Å². The molecule has 6 rings (SSSR count). The molecule has 2 aromatic rings. The number of carbonyl (C=O) groups excluding carboxylic acids is 1. The second-order valence-corrected chi connectivity index (χ2v) is 10.3. The molecular formula is C27H33FN4O2. The number of piperazine rings is 1. The SMILES string of the molecule is CCO[C@H]1C[C@@H]1C(=O)N1CCN(c2nc(C3CC3)c(-c3ccc(F)cc3)cc2N)C[C@H]1C1CC1. The van der Waals surface area contributed by atoms with E-state index < -0.39 is 0 Å². The zero-order valence-electron chi connectivity index (χ0n) is 19.8. The molecule has 0 radical (unpaired) electrons. The van der Waals surface area contributed by atoms with Gasteiger partial charge in [-0.3, -0.25) is 4.79 Å². The lowest BCUT2D eigenvalue weighted by Crippen LogP contribution is -2.57. The topological polar surface area (TPSA) is 71.7 Å². The highest BCUT2D eigenvalue weighted by Crippen LogP contribution is 2.46. The number of anilines is 2. The summed E-state index contributed by atoms with van der Waals surface area (Å²) in [6.45, 7) is 4.86. The zero-order valence-corrected chi connectivity index (χ0v) is 19.8. The third-order valence-electron chi connectivity index (χ3n) is 7.78. The Kier molecular flexibility index (Phi) is 5.47. The number of nitrogen functional groups attached to an aromatic ring is 1. The highest BCUT2D eigenvalue weighted by Gasteiger charge is 2.50. The number of carbonyl (C=O) groups is 1. The Morgan fingerprint density at radius 2 is 1.94 bits per heavy atom. The van der Waals surface area contributed by atoms with Gasteiger partial charge < -0.3 is 20.3 Å². The summed E-state index contributed by atoms with van der Waals surface area (Å²) in [5, 5.41) is 0. The van der Waals surface area contributed by atoms with Crippen LogP contribution in [0.25, 0.3) is 11.1 Å². The van der Waals surface area contributed by atoms with Crippen molar-refractivity contribution in [2.24, 2.45) is 11.8 Å². The van der Waals surface area contributed by atoms with Gasteiger partial charge in [0.05, 0.1) is 29.4 Å². The van der Waals surface area contributed by atoms with Crippen LogP contribution in [-0.4, -0.2) is 54.2 Å². The fourth-order valence-electron chi connectivity index (χ4n) is 5.52. The number of hydrogen-bond acceptors (Lipinski definition) is 5. The largest absolute Gasteiger partial charge is 0.396 e.